The Morgan fingerprint density at radius 1 is 1.27 bits per heavy atom. The number of H-pyrrole nitrogens is 1. The van der Waals surface area contributed by atoms with Gasteiger partial charge in [0, 0.05) is 27.7 Å². The first-order valence-electron chi connectivity index (χ1n) is 6.70. The summed E-state index contributed by atoms with van der Waals surface area (Å²) >= 11 is 6.00. The van der Waals surface area contributed by atoms with Crippen LogP contribution >= 0.6 is 11.6 Å². The van der Waals surface area contributed by atoms with Crippen molar-refractivity contribution in [2.45, 2.75) is 6.92 Å². The number of aromatic amines is 1. The van der Waals surface area contributed by atoms with Gasteiger partial charge in [-0.25, -0.2) is 0 Å². The number of aromatic nitrogens is 1. The fourth-order valence-electron chi connectivity index (χ4n) is 2.25. The number of nitrogens with one attached hydrogen (secondary N) is 1. The van der Waals surface area contributed by atoms with Crippen LogP contribution in [-0.4, -0.2) is 22.1 Å². The van der Waals surface area contributed by atoms with E-state index in [1.807, 2.05) is 0 Å². The van der Waals surface area contributed by atoms with Gasteiger partial charge in [0.1, 0.15) is 0 Å². The van der Waals surface area contributed by atoms with E-state index in [1.165, 1.54) is 6.92 Å². The number of Topliss-reactive ketones (excluding diaryl/α,β-unsaturated/α-hetero) is 1. The average molecular weight is 313 g/mol. The summed E-state index contributed by atoms with van der Waals surface area (Å²) in [7, 11) is 0. The predicted octanol–water partition coefficient (Wildman–Crippen LogP) is 4.48. The molecule has 5 heteroatoms. The molecule has 0 bridgehead atoms. The summed E-state index contributed by atoms with van der Waals surface area (Å²) in [6.07, 6.45) is 1.56. The second-order valence-corrected chi connectivity index (χ2v) is 5.38. The molecular weight excluding hydrogens is 300 g/mol. The maximum atomic E-state index is 11.4. The zero-order valence-electron chi connectivity index (χ0n) is 11.8. The van der Waals surface area contributed by atoms with Gasteiger partial charge in [0.15, 0.2) is 11.7 Å². The van der Waals surface area contributed by atoms with Crippen LogP contribution in [0.5, 0.6) is 5.88 Å². The lowest BCUT2D eigenvalue weighted by Crippen LogP contribution is -1.90. The van der Waals surface area contributed by atoms with E-state index in [2.05, 4.69) is 9.98 Å². The fourth-order valence-corrected chi connectivity index (χ4v) is 2.42. The van der Waals surface area contributed by atoms with Gasteiger partial charge in [-0.05, 0) is 37.3 Å². The van der Waals surface area contributed by atoms with Crippen LogP contribution in [0.25, 0.3) is 10.9 Å². The molecule has 1 heterocycles. The first-order valence-corrected chi connectivity index (χ1v) is 7.07. The molecule has 0 atom stereocenters. The molecule has 0 aliphatic heterocycles. The number of hydrogen-bond donors (Lipinski definition) is 2. The lowest BCUT2D eigenvalue weighted by molar-refractivity contribution is 0.101. The number of aliphatic imine (C=N–C) groups is 1. The molecule has 0 saturated heterocycles. The molecule has 3 rings (SSSR count). The number of aromatic hydroxyl groups is 1. The summed E-state index contributed by atoms with van der Waals surface area (Å²) in [5, 5.41) is 11.4. The highest BCUT2D eigenvalue weighted by Crippen LogP contribution is 2.28. The average Bonchev–Trinajstić information content (AvgIpc) is 2.80. The van der Waals surface area contributed by atoms with Crippen molar-refractivity contribution in [2.75, 3.05) is 0 Å². The molecule has 0 spiro atoms. The van der Waals surface area contributed by atoms with Crippen molar-refractivity contribution in [3.05, 3.63) is 58.6 Å². The maximum Gasteiger partial charge on any atom is 0.198 e. The number of hydrogen-bond acceptors (Lipinski definition) is 3. The number of fused-ring (bicyclic) bond motifs is 1. The van der Waals surface area contributed by atoms with Crippen molar-refractivity contribution in [2.24, 2.45) is 4.99 Å². The van der Waals surface area contributed by atoms with E-state index in [1.54, 1.807) is 48.7 Å². The highest BCUT2D eigenvalue weighted by atomic mass is 35.5. The summed E-state index contributed by atoms with van der Waals surface area (Å²) in [5.74, 6) is 0.0162. The smallest absolute Gasteiger partial charge is 0.198 e. The first kappa shape index (κ1) is 14.4. The molecule has 0 radical (unpaired) electrons. The number of benzene rings is 2. The third-order valence-corrected chi connectivity index (χ3v) is 3.61. The van der Waals surface area contributed by atoms with Crippen molar-refractivity contribution in [1.82, 2.24) is 4.98 Å². The molecule has 4 nitrogen and oxygen atoms in total. The van der Waals surface area contributed by atoms with Gasteiger partial charge < -0.3 is 10.1 Å². The van der Waals surface area contributed by atoms with E-state index in [9.17, 15) is 9.90 Å². The number of ketones is 1. The van der Waals surface area contributed by atoms with Crippen LogP contribution in [0, 0.1) is 0 Å². The van der Waals surface area contributed by atoms with Crippen LogP contribution in [-0.2, 0) is 0 Å². The summed E-state index contributed by atoms with van der Waals surface area (Å²) < 4.78 is 0. The van der Waals surface area contributed by atoms with Gasteiger partial charge in [-0.3, -0.25) is 9.79 Å². The normalized spacial score (nSPS) is 11.4. The predicted molar refractivity (Wildman–Crippen MR) is 88.7 cm³/mol. The molecule has 22 heavy (non-hydrogen) atoms. The van der Waals surface area contributed by atoms with Gasteiger partial charge in [-0.2, -0.15) is 0 Å². The van der Waals surface area contributed by atoms with Crippen molar-refractivity contribution in [1.29, 1.82) is 0 Å². The summed E-state index contributed by atoms with van der Waals surface area (Å²) in [4.78, 5) is 18.6. The molecule has 2 N–H and O–H groups in total. The van der Waals surface area contributed by atoms with E-state index in [0.717, 1.165) is 10.9 Å². The zero-order chi connectivity index (χ0) is 15.7. The molecule has 0 aliphatic carbocycles. The maximum absolute atomic E-state index is 11.4. The summed E-state index contributed by atoms with van der Waals surface area (Å²) in [5.41, 5.74) is 2.58. The standard InChI is InChI=1S/C17H13ClN2O2/c1-10(21)11-3-2-4-13(7-11)19-9-15-14-8-12(18)5-6-16(14)20-17(15)22/h2-9,20,22H,1H3. The highest BCUT2D eigenvalue weighted by molar-refractivity contribution is 6.31. The lowest BCUT2D eigenvalue weighted by atomic mass is 10.1. The Labute approximate surface area is 132 Å². The second-order valence-electron chi connectivity index (χ2n) is 4.94. The molecule has 3 aromatic rings. The van der Waals surface area contributed by atoms with Crippen LogP contribution in [0.4, 0.5) is 5.69 Å². The van der Waals surface area contributed by atoms with Crippen LogP contribution in [0.2, 0.25) is 5.02 Å². The Hall–Kier alpha value is -2.59. The molecule has 0 unspecified atom stereocenters. The Morgan fingerprint density at radius 3 is 2.86 bits per heavy atom. The lowest BCUT2D eigenvalue weighted by Gasteiger charge is -1.98. The monoisotopic (exact) mass is 312 g/mol. The zero-order valence-corrected chi connectivity index (χ0v) is 12.6. The second kappa shape index (κ2) is 5.66. The Morgan fingerprint density at radius 2 is 2.09 bits per heavy atom. The van der Waals surface area contributed by atoms with Crippen LogP contribution in [0.1, 0.15) is 22.8 Å². The Kier molecular flexibility index (Phi) is 3.69. The quantitative estimate of drug-likeness (QED) is 0.553. The molecule has 2 aromatic carbocycles. The topological polar surface area (TPSA) is 65.4 Å². The van der Waals surface area contributed by atoms with E-state index < -0.39 is 0 Å². The van der Waals surface area contributed by atoms with Crippen LogP contribution in [0.3, 0.4) is 0 Å². The minimum atomic E-state index is -0.0150. The largest absolute Gasteiger partial charge is 0.494 e. The molecule has 0 saturated carbocycles. The molecule has 110 valence electrons. The first-order chi connectivity index (χ1) is 10.5. The van der Waals surface area contributed by atoms with Crippen LogP contribution < -0.4 is 0 Å². The van der Waals surface area contributed by atoms with E-state index in [4.69, 9.17) is 11.6 Å². The van der Waals surface area contributed by atoms with Gasteiger partial charge in [0.25, 0.3) is 0 Å². The van der Waals surface area contributed by atoms with E-state index in [-0.39, 0.29) is 11.7 Å². The van der Waals surface area contributed by atoms with Gasteiger partial charge in [0.05, 0.1) is 11.3 Å². The minimum absolute atomic E-state index is 0.0150. The number of halogens is 1. The van der Waals surface area contributed by atoms with Crippen molar-refractivity contribution in [3.63, 3.8) is 0 Å². The third-order valence-electron chi connectivity index (χ3n) is 3.38. The van der Waals surface area contributed by atoms with Gasteiger partial charge >= 0.3 is 0 Å². The summed E-state index contributed by atoms with van der Waals surface area (Å²) in [6.45, 7) is 1.51. The highest BCUT2D eigenvalue weighted by Gasteiger charge is 2.09. The van der Waals surface area contributed by atoms with Crippen molar-refractivity contribution in [3.8, 4) is 5.88 Å². The molecular formula is C17H13ClN2O2. The van der Waals surface area contributed by atoms with Crippen molar-refractivity contribution < 1.29 is 9.90 Å². The Bertz CT molecular complexity index is 897. The number of nitrogens with zero attached hydrogens (tertiary/aromatic N) is 1. The number of carbonyl (C=O) groups excluding carboxylic acids is 1. The van der Waals surface area contributed by atoms with E-state index >= 15 is 0 Å². The van der Waals surface area contributed by atoms with Crippen molar-refractivity contribution >= 4 is 40.2 Å². The third kappa shape index (κ3) is 2.73. The minimum Gasteiger partial charge on any atom is -0.494 e. The molecule has 0 amide bonds. The fraction of sp³-hybridized carbons (Fsp3) is 0.0588. The molecule has 0 aliphatic rings. The van der Waals surface area contributed by atoms with Gasteiger partial charge in [-0.1, -0.05) is 23.7 Å². The Balaban J connectivity index is 2.02. The number of rotatable bonds is 3. The van der Waals surface area contributed by atoms with E-state index in [0.29, 0.717) is 21.8 Å². The van der Waals surface area contributed by atoms with Gasteiger partial charge in [0.2, 0.25) is 0 Å². The SMILES string of the molecule is CC(=O)c1cccc(N=Cc2c(O)[nH]c3ccc(Cl)cc23)c1. The molecule has 0 fully saturated rings. The number of carbonyl (C=O) groups is 1. The van der Waals surface area contributed by atoms with Gasteiger partial charge in [-0.15, -0.1) is 0 Å². The van der Waals surface area contributed by atoms with Crippen LogP contribution in [0.15, 0.2) is 47.5 Å². The summed E-state index contributed by atoms with van der Waals surface area (Å²) in [6, 6.07) is 12.3. The molecule has 1 aromatic heterocycles.